The molecule has 0 saturated carbocycles. The lowest BCUT2D eigenvalue weighted by atomic mass is 9.95. The average Bonchev–Trinajstić information content (AvgIpc) is 2.02. The highest BCUT2D eigenvalue weighted by Gasteiger charge is 2.16. The van der Waals surface area contributed by atoms with Gasteiger partial charge in [0, 0.05) is 13.5 Å². The molecule has 0 unspecified atom stereocenters. The van der Waals surface area contributed by atoms with Crippen molar-refractivity contribution in [3.05, 3.63) is 0 Å². The molecule has 0 aliphatic rings. The Bertz CT molecular complexity index is 175. The zero-order valence-electron chi connectivity index (χ0n) is 9.67. The molecule has 0 heterocycles. The summed E-state index contributed by atoms with van der Waals surface area (Å²) in [6, 6.07) is 0. The number of hydrogen-bond donors (Lipinski definition) is 1. The van der Waals surface area contributed by atoms with Crippen molar-refractivity contribution in [1.29, 1.82) is 0 Å². The number of methoxy groups -OCH3 is 1. The molecule has 84 valence electrons. The van der Waals surface area contributed by atoms with Crippen LogP contribution in [-0.2, 0) is 9.53 Å². The molecule has 0 saturated heterocycles. The molecule has 0 rings (SSSR count). The lowest BCUT2D eigenvalue weighted by molar-refractivity contribution is -0.138. The third-order valence-electron chi connectivity index (χ3n) is 2.55. The molecule has 1 N–H and O–H groups in total. The lowest BCUT2D eigenvalue weighted by Gasteiger charge is -2.23. The van der Waals surface area contributed by atoms with Gasteiger partial charge in [0.2, 0.25) is 0 Å². The van der Waals surface area contributed by atoms with Crippen LogP contribution in [0.3, 0.4) is 0 Å². The Balaban J connectivity index is 3.58. The van der Waals surface area contributed by atoms with Gasteiger partial charge in [-0.15, -0.1) is 0 Å². The molecule has 3 heteroatoms. The molecule has 0 amide bonds. The van der Waals surface area contributed by atoms with Crippen molar-refractivity contribution in [3.8, 4) is 0 Å². The molecule has 14 heavy (non-hydrogen) atoms. The Labute approximate surface area is 86.5 Å². The number of carboxylic acid groups (broad SMARTS) is 1. The third kappa shape index (κ3) is 6.89. The van der Waals surface area contributed by atoms with Crippen molar-refractivity contribution >= 4 is 5.97 Å². The maximum Gasteiger partial charge on any atom is 0.303 e. The standard InChI is InChI=1S/C11H22O3/c1-9(8-10(12)13)6-5-7-11(2,3)14-4/h9H,5-8H2,1-4H3,(H,12,13)/t9-/m0/s1. The average molecular weight is 202 g/mol. The van der Waals surface area contributed by atoms with E-state index in [-0.39, 0.29) is 17.9 Å². The van der Waals surface area contributed by atoms with E-state index in [1.807, 2.05) is 6.92 Å². The topological polar surface area (TPSA) is 46.5 Å². The maximum atomic E-state index is 10.4. The SMILES string of the molecule is COC(C)(C)CCC[C@H](C)CC(=O)O. The lowest BCUT2D eigenvalue weighted by Crippen LogP contribution is -2.22. The van der Waals surface area contributed by atoms with E-state index < -0.39 is 5.97 Å². The molecule has 3 nitrogen and oxygen atoms in total. The minimum Gasteiger partial charge on any atom is -0.481 e. The van der Waals surface area contributed by atoms with Crippen LogP contribution in [-0.4, -0.2) is 23.8 Å². The summed E-state index contributed by atoms with van der Waals surface area (Å²) in [6.07, 6.45) is 3.23. The first-order chi connectivity index (χ1) is 6.37. The summed E-state index contributed by atoms with van der Waals surface area (Å²) < 4.78 is 5.28. The summed E-state index contributed by atoms with van der Waals surface area (Å²) >= 11 is 0. The molecule has 0 aromatic carbocycles. The number of carbonyl (C=O) groups is 1. The minimum atomic E-state index is -0.705. The molecule has 0 aliphatic heterocycles. The highest BCUT2D eigenvalue weighted by Crippen LogP contribution is 2.20. The van der Waals surface area contributed by atoms with Crippen LogP contribution in [0.2, 0.25) is 0 Å². The largest absolute Gasteiger partial charge is 0.481 e. The van der Waals surface area contributed by atoms with Crippen molar-refractivity contribution in [2.24, 2.45) is 5.92 Å². The van der Waals surface area contributed by atoms with Crippen LogP contribution in [0.25, 0.3) is 0 Å². The van der Waals surface area contributed by atoms with Crippen molar-refractivity contribution in [2.45, 2.75) is 52.1 Å². The van der Waals surface area contributed by atoms with Gasteiger partial charge in [0.05, 0.1) is 5.60 Å². The number of hydrogen-bond acceptors (Lipinski definition) is 2. The molecule has 0 bridgehead atoms. The van der Waals surface area contributed by atoms with E-state index in [0.29, 0.717) is 0 Å². The summed E-state index contributed by atoms with van der Waals surface area (Å²) in [5.41, 5.74) is -0.0804. The van der Waals surface area contributed by atoms with Crippen molar-refractivity contribution in [2.75, 3.05) is 7.11 Å². The van der Waals surface area contributed by atoms with E-state index >= 15 is 0 Å². The zero-order valence-corrected chi connectivity index (χ0v) is 9.67. The Morgan fingerprint density at radius 1 is 1.50 bits per heavy atom. The highest BCUT2D eigenvalue weighted by molar-refractivity contribution is 5.66. The molecular formula is C11H22O3. The highest BCUT2D eigenvalue weighted by atomic mass is 16.5. The summed E-state index contributed by atoms with van der Waals surface area (Å²) in [5, 5.41) is 8.56. The second-order valence-electron chi connectivity index (χ2n) is 4.56. The van der Waals surface area contributed by atoms with Gasteiger partial charge in [0.15, 0.2) is 0 Å². The van der Waals surface area contributed by atoms with Crippen LogP contribution in [0.5, 0.6) is 0 Å². The maximum absolute atomic E-state index is 10.4. The van der Waals surface area contributed by atoms with Crippen LogP contribution in [0.4, 0.5) is 0 Å². The molecule has 0 aromatic heterocycles. The molecule has 0 aromatic rings. The summed E-state index contributed by atoms with van der Waals surface area (Å²) in [7, 11) is 1.71. The van der Waals surface area contributed by atoms with Crippen molar-refractivity contribution in [1.82, 2.24) is 0 Å². The molecule has 1 atom stereocenters. The van der Waals surface area contributed by atoms with Gasteiger partial charge in [-0.2, -0.15) is 0 Å². The van der Waals surface area contributed by atoms with E-state index in [1.165, 1.54) is 0 Å². The number of carboxylic acids is 1. The molecular weight excluding hydrogens is 180 g/mol. The summed E-state index contributed by atoms with van der Waals surface area (Å²) in [5.74, 6) is -0.441. The third-order valence-corrected chi connectivity index (χ3v) is 2.55. The fourth-order valence-electron chi connectivity index (χ4n) is 1.38. The molecule has 0 fully saturated rings. The second-order valence-corrected chi connectivity index (χ2v) is 4.56. The second kappa shape index (κ2) is 6.02. The van der Waals surface area contributed by atoms with E-state index in [2.05, 4.69) is 13.8 Å². The van der Waals surface area contributed by atoms with Gasteiger partial charge in [-0.1, -0.05) is 19.8 Å². The van der Waals surface area contributed by atoms with Crippen molar-refractivity contribution < 1.29 is 14.6 Å². The first-order valence-electron chi connectivity index (χ1n) is 5.14. The number of aliphatic carboxylic acids is 1. The van der Waals surface area contributed by atoms with Crippen LogP contribution in [0, 0.1) is 5.92 Å². The van der Waals surface area contributed by atoms with E-state index in [9.17, 15) is 4.79 Å². The van der Waals surface area contributed by atoms with Gasteiger partial charge in [0.1, 0.15) is 0 Å². The minimum absolute atomic E-state index is 0.0804. The Kier molecular flexibility index (Phi) is 5.77. The quantitative estimate of drug-likeness (QED) is 0.690. The Morgan fingerprint density at radius 3 is 2.50 bits per heavy atom. The first-order valence-corrected chi connectivity index (χ1v) is 5.14. The zero-order chi connectivity index (χ0) is 11.2. The van der Waals surface area contributed by atoms with Gasteiger partial charge < -0.3 is 9.84 Å². The van der Waals surface area contributed by atoms with Gasteiger partial charge in [-0.3, -0.25) is 4.79 Å². The normalized spacial score (nSPS) is 14.0. The van der Waals surface area contributed by atoms with Gasteiger partial charge >= 0.3 is 5.97 Å². The molecule has 0 spiro atoms. The Morgan fingerprint density at radius 2 is 2.07 bits per heavy atom. The number of ether oxygens (including phenoxy) is 1. The van der Waals surface area contributed by atoms with Gasteiger partial charge in [-0.25, -0.2) is 0 Å². The van der Waals surface area contributed by atoms with Gasteiger partial charge in [-0.05, 0) is 26.2 Å². The summed E-state index contributed by atoms with van der Waals surface area (Å²) in [4.78, 5) is 10.4. The van der Waals surface area contributed by atoms with Crippen molar-refractivity contribution in [3.63, 3.8) is 0 Å². The van der Waals surface area contributed by atoms with E-state index in [1.54, 1.807) is 7.11 Å². The molecule has 0 aliphatic carbocycles. The fraction of sp³-hybridized carbons (Fsp3) is 0.909. The smallest absolute Gasteiger partial charge is 0.303 e. The predicted octanol–water partition coefficient (Wildman–Crippen LogP) is 2.69. The summed E-state index contributed by atoms with van der Waals surface area (Å²) in [6.45, 7) is 6.08. The van der Waals surface area contributed by atoms with Crippen LogP contribution < -0.4 is 0 Å². The first kappa shape index (κ1) is 13.4. The Hall–Kier alpha value is -0.570. The van der Waals surface area contributed by atoms with E-state index in [4.69, 9.17) is 9.84 Å². The molecule has 0 radical (unpaired) electrons. The monoisotopic (exact) mass is 202 g/mol. The van der Waals surface area contributed by atoms with Gasteiger partial charge in [0.25, 0.3) is 0 Å². The predicted molar refractivity (Wildman–Crippen MR) is 56.4 cm³/mol. The van der Waals surface area contributed by atoms with Crippen LogP contribution >= 0.6 is 0 Å². The van der Waals surface area contributed by atoms with Crippen LogP contribution in [0.1, 0.15) is 46.5 Å². The fourth-order valence-corrected chi connectivity index (χ4v) is 1.38. The number of rotatable bonds is 7. The van der Waals surface area contributed by atoms with E-state index in [0.717, 1.165) is 19.3 Å². The van der Waals surface area contributed by atoms with Crippen LogP contribution in [0.15, 0.2) is 0 Å².